The molecule has 0 bridgehead atoms. The van der Waals surface area contributed by atoms with Crippen LogP contribution in [0.15, 0.2) is 36.4 Å². The van der Waals surface area contributed by atoms with Crippen LogP contribution >= 0.6 is 22.9 Å². The molecule has 1 aromatic heterocycles. The van der Waals surface area contributed by atoms with Crippen molar-refractivity contribution in [1.29, 1.82) is 0 Å². The highest BCUT2D eigenvalue weighted by atomic mass is 35.5. The highest BCUT2D eigenvalue weighted by Gasteiger charge is 2.23. The first kappa shape index (κ1) is 19.6. The zero-order chi connectivity index (χ0) is 20.4. The maximum atomic E-state index is 11.7. The van der Waals surface area contributed by atoms with Crippen LogP contribution in [0.5, 0.6) is 0 Å². The summed E-state index contributed by atoms with van der Waals surface area (Å²) in [7, 11) is 0. The van der Waals surface area contributed by atoms with Crippen molar-refractivity contribution in [2.24, 2.45) is 0 Å². The highest BCUT2D eigenvalue weighted by molar-refractivity contribution is 7.18. The van der Waals surface area contributed by atoms with Gasteiger partial charge >= 0.3 is 0 Å². The number of halogens is 1. The minimum atomic E-state index is -0.357. The van der Waals surface area contributed by atoms with Gasteiger partial charge in [0.15, 0.2) is 0 Å². The van der Waals surface area contributed by atoms with Gasteiger partial charge in [-0.1, -0.05) is 29.0 Å². The van der Waals surface area contributed by atoms with Crippen molar-refractivity contribution in [2.45, 2.75) is 6.92 Å². The minimum absolute atomic E-state index is 0.0554. The van der Waals surface area contributed by atoms with Crippen molar-refractivity contribution in [3.63, 3.8) is 0 Å². The number of nitro groups is 1. The fraction of sp³-hybridized carbons (Fsp3) is 0.263. The molecule has 0 atom stereocenters. The first-order valence-electron chi connectivity index (χ1n) is 8.99. The SMILES string of the molecule is Cc1ccc(Cl)cc1Nc1nnc(-c2ccc(N3CCOCC3)c([N+](=O)[O-])c2)s1. The molecule has 0 unspecified atom stereocenters. The third-order valence-electron chi connectivity index (χ3n) is 4.64. The number of ether oxygens (including phenoxy) is 1. The van der Waals surface area contributed by atoms with Crippen LogP contribution in [-0.4, -0.2) is 41.4 Å². The second-order valence-electron chi connectivity index (χ2n) is 6.56. The fourth-order valence-corrected chi connectivity index (χ4v) is 4.03. The Labute approximate surface area is 176 Å². The summed E-state index contributed by atoms with van der Waals surface area (Å²) in [6, 6.07) is 10.7. The first-order chi connectivity index (χ1) is 14.0. The van der Waals surface area contributed by atoms with E-state index in [1.807, 2.05) is 36.1 Å². The van der Waals surface area contributed by atoms with E-state index in [4.69, 9.17) is 16.3 Å². The molecule has 0 radical (unpaired) electrons. The van der Waals surface area contributed by atoms with E-state index >= 15 is 0 Å². The molecular formula is C19H18ClN5O3S. The maximum absolute atomic E-state index is 11.7. The van der Waals surface area contributed by atoms with Crippen LogP contribution in [0.1, 0.15) is 5.56 Å². The molecule has 0 spiro atoms. The summed E-state index contributed by atoms with van der Waals surface area (Å²) in [5.74, 6) is 0. The summed E-state index contributed by atoms with van der Waals surface area (Å²) in [4.78, 5) is 13.3. The lowest BCUT2D eigenvalue weighted by Gasteiger charge is -2.28. The molecule has 1 N–H and O–H groups in total. The Hall–Kier alpha value is -2.75. The second-order valence-corrected chi connectivity index (χ2v) is 7.97. The van der Waals surface area contributed by atoms with Crippen molar-refractivity contribution in [3.8, 4) is 10.6 Å². The Kier molecular flexibility index (Phi) is 5.61. The van der Waals surface area contributed by atoms with Crippen molar-refractivity contribution in [1.82, 2.24) is 10.2 Å². The normalized spacial score (nSPS) is 14.1. The predicted octanol–water partition coefficient (Wildman–Crippen LogP) is 4.66. The van der Waals surface area contributed by atoms with Crippen LogP contribution < -0.4 is 10.2 Å². The maximum Gasteiger partial charge on any atom is 0.293 e. The van der Waals surface area contributed by atoms with Gasteiger partial charge in [-0.3, -0.25) is 10.1 Å². The lowest BCUT2D eigenvalue weighted by Crippen LogP contribution is -2.36. The smallest absolute Gasteiger partial charge is 0.293 e. The van der Waals surface area contributed by atoms with E-state index in [-0.39, 0.29) is 10.6 Å². The Balaban J connectivity index is 1.61. The lowest BCUT2D eigenvalue weighted by molar-refractivity contribution is -0.384. The number of aromatic nitrogens is 2. The summed E-state index contributed by atoms with van der Waals surface area (Å²) in [6.45, 7) is 4.35. The predicted molar refractivity (Wildman–Crippen MR) is 115 cm³/mol. The Morgan fingerprint density at radius 2 is 2.00 bits per heavy atom. The topological polar surface area (TPSA) is 93.4 Å². The molecule has 29 heavy (non-hydrogen) atoms. The quantitative estimate of drug-likeness (QED) is 0.464. The van der Waals surface area contributed by atoms with Gasteiger partial charge in [0, 0.05) is 35.4 Å². The monoisotopic (exact) mass is 431 g/mol. The molecule has 150 valence electrons. The van der Waals surface area contributed by atoms with Crippen LogP contribution in [0.25, 0.3) is 10.6 Å². The summed E-state index contributed by atoms with van der Waals surface area (Å²) < 4.78 is 5.34. The molecule has 10 heteroatoms. The molecule has 1 aliphatic heterocycles. The number of rotatable bonds is 5. The fourth-order valence-electron chi connectivity index (χ4n) is 3.11. The zero-order valence-electron chi connectivity index (χ0n) is 15.6. The average molecular weight is 432 g/mol. The van der Waals surface area contributed by atoms with Gasteiger partial charge in [-0.25, -0.2) is 0 Å². The number of hydrogen-bond acceptors (Lipinski definition) is 8. The molecule has 1 fully saturated rings. The summed E-state index contributed by atoms with van der Waals surface area (Å²) in [5.41, 5.74) is 3.17. The molecular weight excluding hydrogens is 414 g/mol. The van der Waals surface area contributed by atoms with E-state index in [0.29, 0.717) is 52.7 Å². The van der Waals surface area contributed by atoms with E-state index in [0.717, 1.165) is 11.3 Å². The highest BCUT2D eigenvalue weighted by Crippen LogP contribution is 2.36. The number of hydrogen-bond donors (Lipinski definition) is 1. The zero-order valence-corrected chi connectivity index (χ0v) is 17.2. The van der Waals surface area contributed by atoms with Gasteiger partial charge in [0.2, 0.25) is 5.13 Å². The summed E-state index contributed by atoms with van der Waals surface area (Å²) in [5, 5.41) is 25.0. The Morgan fingerprint density at radius 1 is 1.21 bits per heavy atom. The second kappa shape index (κ2) is 8.32. The number of morpholine rings is 1. The van der Waals surface area contributed by atoms with Gasteiger partial charge in [0.05, 0.1) is 18.1 Å². The lowest BCUT2D eigenvalue weighted by atomic mass is 10.1. The van der Waals surface area contributed by atoms with Crippen molar-refractivity contribution in [3.05, 3.63) is 57.1 Å². The number of aryl methyl sites for hydroxylation is 1. The van der Waals surface area contributed by atoms with Gasteiger partial charge < -0.3 is 15.0 Å². The number of benzene rings is 2. The van der Waals surface area contributed by atoms with E-state index in [1.165, 1.54) is 11.3 Å². The Morgan fingerprint density at radius 3 is 2.76 bits per heavy atom. The van der Waals surface area contributed by atoms with Crippen LogP contribution in [0.4, 0.5) is 22.2 Å². The number of anilines is 3. The summed E-state index contributed by atoms with van der Waals surface area (Å²) in [6.07, 6.45) is 0. The molecule has 2 heterocycles. The minimum Gasteiger partial charge on any atom is -0.378 e. The molecule has 8 nitrogen and oxygen atoms in total. The number of nitro benzene ring substituents is 1. The molecule has 0 aliphatic carbocycles. The van der Waals surface area contributed by atoms with E-state index in [2.05, 4.69) is 15.5 Å². The van der Waals surface area contributed by atoms with Crippen molar-refractivity contribution in [2.75, 3.05) is 36.5 Å². The van der Waals surface area contributed by atoms with E-state index < -0.39 is 0 Å². The van der Waals surface area contributed by atoms with Crippen LogP contribution in [0, 0.1) is 17.0 Å². The third-order valence-corrected chi connectivity index (χ3v) is 5.76. The van der Waals surface area contributed by atoms with Crippen LogP contribution in [0.3, 0.4) is 0 Å². The van der Waals surface area contributed by atoms with Gasteiger partial charge in [0.25, 0.3) is 5.69 Å². The van der Waals surface area contributed by atoms with Gasteiger partial charge in [-0.15, -0.1) is 10.2 Å². The van der Waals surface area contributed by atoms with Gasteiger partial charge in [0.1, 0.15) is 10.7 Å². The third kappa shape index (κ3) is 4.31. The van der Waals surface area contributed by atoms with E-state index in [1.54, 1.807) is 12.1 Å². The molecule has 0 saturated carbocycles. The Bertz CT molecular complexity index is 1050. The molecule has 3 aromatic rings. The van der Waals surface area contributed by atoms with Gasteiger partial charge in [-0.2, -0.15) is 0 Å². The first-order valence-corrected chi connectivity index (χ1v) is 10.2. The molecule has 1 aliphatic rings. The van der Waals surface area contributed by atoms with Crippen molar-refractivity contribution < 1.29 is 9.66 Å². The largest absolute Gasteiger partial charge is 0.378 e. The average Bonchev–Trinajstić information content (AvgIpc) is 3.19. The van der Waals surface area contributed by atoms with Crippen LogP contribution in [0.2, 0.25) is 5.02 Å². The van der Waals surface area contributed by atoms with Crippen LogP contribution in [-0.2, 0) is 4.74 Å². The molecule has 2 aromatic carbocycles. The molecule has 4 rings (SSSR count). The summed E-state index contributed by atoms with van der Waals surface area (Å²) >= 11 is 7.39. The molecule has 0 amide bonds. The van der Waals surface area contributed by atoms with Crippen molar-refractivity contribution >= 4 is 45.1 Å². The molecule has 1 saturated heterocycles. The number of nitrogens with zero attached hydrogens (tertiary/aromatic N) is 4. The standard InChI is InChI=1S/C19H18ClN5O3S/c1-12-2-4-14(20)11-15(12)21-19-23-22-18(29-19)13-3-5-16(17(10-13)25(26)27)24-6-8-28-9-7-24/h2-5,10-11H,6-9H2,1H3,(H,21,23). The number of nitrogens with one attached hydrogen (secondary N) is 1. The van der Waals surface area contributed by atoms with Gasteiger partial charge in [-0.05, 0) is 36.8 Å². The van der Waals surface area contributed by atoms with E-state index in [9.17, 15) is 10.1 Å².